The van der Waals surface area contributed by atoms with Gasteiger partial charge in [-0.1, -0.05) is 54.6 Å². The van der Waals surface area contributed by atoms with Crippen LogP contribution in [0.15, 0.2) is 85.2 Å². The van der Waals surface area contributed by atoms with E-state index >= 15 is 0 Å². The number of aromatic amines is 1. The number of nitrogens with one attached hydrogen (secondary N) is 1. The Bertz CT molecular complexity index is 1880. The highest BCUT2D eigenvalue weighted by molar-refractivity contribution is 5.85. The minimum absolute atomic E-state index is 0.171. The first-order valence-corrected chi connectivity index (χ1v) is 12.3. The number of alkyl halides is 3. The van der Waals surface area contributed by atoms with Gasteiger partial charge in [0.05, 0.1) is 11.4 Å². The molecule has 14 heteroatoms. The van der Waals surface area contributed by atoms with Crippen molar-refractivity contribution in [2.24, 2.45) is 5.73 Å². The summed E-state index contributed by atoms with van der Waals surface area (Å²) in [4.78, 5) is 38.2. The Labute approximate surface area is 234 Å². The van der Waals surface area contributed by atoms with Gasteiger partial charge in [-0.05, 0) is 18.2 Å². The van der Waals surface area contributed by atoms with Gasteiger partial charge in [-0.2, -0.15) is 18.3 Å². The minimum Gasteiger partial charge on any atom is -0.436 e. The number of esters is 1. The second-order valence-corrected chi connectivity index (χ2v) is 8.85. The number of benzene rings is 2. The highest BCUT2D eigenvalue weighted by Gasteiger charge is 2.42. The lowest BCUT2D eigenvalue weighted by atomic mass is 10.0. The number of nitrogens with zero attached hydrogens (tertiary/aromatic N) is 7. The van der Waals surface area contributed by atoms with E-state index < -0.39 is 18.4 Å². The molecule has 1 unspecified atom stereocenters. The molecular weight excluding hydrogens is 551 g/mol. The molecule has 6 rings (SSSR count). The van der Waals surface area contributed by atoms with Crippen LogP contribution >= 0.6 is 0 Å². The maximum Gasteiger partial charge on any atom is 0.490 e. The molecular formula is C28H18F3N9O2. The first-order chi connectivity index (χ1) is 20.3. The SMILES string of the molecule is NC(OC(=O)C(F)(F)F)c1ccc(-c2nc3ccc(-c4n[nH]c(-c5ncccn5)n4)nc3nc2-c2ccccc2)cc1. The molecule has 208 valence electrons. The summed E-state index contributed by atoms with van der Waals surface area (Å²) in [6.07, 6.45) is -3.55. The summed E-state index contributed by atoms with van der Waals surface area (Å²) in [5.74, 6) is -1.27. The number of ether oxygens (including phenoxy) is 1. The van der Waals surface area contributed by atoms with Gasteiger partial charge in [-0.3, -0.25) is 10.8 Å². The van der Waals surface area contributed by atoms with Crippen LogP contribution in [0.1, 0.15) is 11.8 Å². The van der Waals surface area contributed by atoms with Crippen molar-refractivity contribution >= 4 is 17.1 Å². The Hall–Kier alpha value is -5.63. The van der Waals surface area contributed by atoms with E-state index in [2.05, 4.69) is 34.9 Å². The molecule has 0 aliphatic heterocycles. The van der Waals surface area contributed by atoms with E-state index in [1.807, 2.05) is 30.3 Å². The maximum atomic E-state index is 12.6. The number of aromatic nitrogens is 8. The van der Waals surface area contributed by atoms with E-state index in [0.29, 0.717) is 51.3 Å². The number of nitrogens with two attached hydrogens (primary N) is 1. The number of hydrogen-bond donors (Lipinski definition) is 2. The smallest absolute Gasteiger partial charge is 0.436 e. The summed E-state index contributed by atoms with van der Waals surface area (Å²) in [6.45, 7) is 0. The van der Waals surface area contributed by atoms with Crippen molar-refractivity contribution in [2.45, 2.75) is 12.4 Å². The number of pyridine rings is 1. The standard InChI is InChI=1S/C28H18F3N9O2/c29-28(30,31)27(41)42-22(32)17-9-7-16(8-10-17)20-21(15-5-2-1-3-6-15)37-23-18(35-20)11-12-19(36-23)24-38-26(40-39-24)25-33-13-4-14-34-25/h1-14,22H,32H2,(H,38,39,40). The van der Waals surface area contributed by atoms with E-state index in [0.717, 1.165) is 5.56 Å². The molecule has 0 bridgehead atoms. The molecule has 0 amide bonds. The molecule has 11 nitrogen and oxygen atoms in total. The van der Waals surface area contributed by atoms with Crippen molar-refractivity contribution in [2.75, 3.05) is 0 Å². The van der Waals surface area contributed by atoms with Crippen molar-refractivity contribution < 1.29 is 22.7 Å². The molecule has 0 fully saturated rings. The van der Waals surface area contributed by atoms with Gasteiger partial charge in [-0.25, -0.2) is 34.7 Å². The zero-order valence-corrected chi connectivity index (χ0v) is 21.3. The molecule has 0 spiro atoms. The van der Waals surface area contributed by atoms with Gasteiger partial charge in [0.25, 0.3) is 0 Å². The third kappa shape index (κ3) is 5.38. The van der Waals surface area contributed by atoms with Crippen LogP contribution in [0.3, 0.4) is 0 Å². The molecule has 0 aliphatic rings. The molecule has 0 saturated carbocycles. The Morgan fingerprint density at radius 2 is 1.48 bits per heavy atom. The van der Waals surface area contributed by atoms with Crippen molar-refractivity contribution in [3.05, 3.63) is 90.8 Å². The highest BCUT2D eigenvalue weighted by Crippen LogP contribution is 2.32. The van der Waals surface area contributed by atoms with Crippen LogP contribution in [0.2, 0.25) is 0 Å². The third-order valence-corrected chi connectivity index (χ3v) is 6.05. The van der Waals surface area contributed by atoms with E-state index in [1.165, 1.54) is 12.1 Å². The van der Waals surface area contributed by atoms with Crippen LogP contribution in [0.4, 0.5) is 13.2 Å². The van der Waals surface area contributed by atoms with E-state index in [9.17, 15) is 18.0 Å². The molecule has 6 aromatic rings. The van der Waals surface area contributed by atoms with Gasteiger partial charge in [0, 0.05) is 29.1 Å². The Balaban J connectivity index is 1.37. The van der Waals surface area contributed by atoms with Crippen LogP contribution in [-0.2, 0) is 9.53 Å². The monoisotopic (exact) mass is 569 g/mol. The predicted molar refractivity (Wildman–Crippen MR) is 144 cm³/mol. The molecule has 0 radical (unpaired) electrons. The van der Waals surface area contributed by atoms with Crippen molar-refractivity contribution in [1.29, 1.82) is 0 Å². The number of carbonyl (C=O) groups excluding carboxylic acids is 1. The van der Waals surface area contributed by atoms with Crippen molar-refractivity contribution in [3.63, 3.8) is 0 Å². The summed E-state index contributed by atoms with van der Waals surface area (Å²) >= 11 is 0. The molecule has 3 N–H and O–H groups in total. The fraction of sp³-hybridized carbons (Fsp3) is 0.0714. The summed E-state index contributed by atoms with van der Waals surface area (Å²) in [5.41, 5.74) is 9.50. The topological polar surface area (TPSA) is 158 Å². The summed E-state index contributed by atoms with van der Waals surface area (Å²) < 4.78 is 42.0. The molecule has 0 aliphatic carbocycles. The normalized spacial score (nSPS) is 12.3. The Morgan fingerprint density at radius 3 is 2.19 bits per heavy atom. The number of carbonyl (C=O) groups is 1. The zero-order chi connectivity index (χ0) is 29.3. The average Bonchev–Trinajstić information content (AvgIpc) is 3.51. The fourth-order valence-electron chi connectivity index (χ4n) is 4.04. The molecule has 1 atom stereocenters. The average molecular weight is 570 g/mol. The van der Waals surface area contributed by atoms with Gasteiger partial charge in [0.1, 0.15) is 11.2 Å². The largest absolute Gasteiger partial charge is 0.490 e. The van der Waals surface area contributed by atoms with E-state index in [-0.39, 0.29) is 5.56 Å². The lowest BCUT2D eigenvalue weighted by molar-refractivity contribution is -0.205. The van der Waals surface area contributed by atoms with Gasteiger partial charge in [-0.15, -0.1) is 0 Å². The number of fused-ring (bicyclic) bond motifs is 1. The molecule has 4 heterocycles. The fourth-order valence-corrected chi connectivity index (χ4v) is 4.04. The van der Waals surface area contributed by atoms with Crippen LogP contribution in [-0.4, -0.2) is 52.2 Å². The quantitative estimate of drug-likeness (QED) is 0.213. The molecule has 4 aromatic heterocycles. The molecule has 2 aromatic carbocycles. The van der Waals surface area contributed by atoms with Gasteiger partial charge in [0.15, 0.2) is 29.3 Å². The molecule has 42 heavy (non-hydrogen) atoms. The minimum atomic E-state index is -5.15. The van der Waals surface area contributed by atoms with Crippen LogP contribution in [0, 0.1) is 0 Å². The number of rotatable bonds is 6. The summed E-state index contributed by atoms with van der Waals surface area (Å²) in [7, 11) is 0. The number of hydrogen-bond acceptors (Lipinski definition) is 10. The summed E-state index contributed by atoms with van der Waals surface area (Å²) in [5, 5.41) is 7.05. The van der Waals surface area contributed by atoms with Gasteiger partial charge < -0.3 is 4.74 Å². The second kappa shape index (κ2) is 10.7. The van der Waals surface area contributed by atoms with Gasteiger partial charge in [0.2, 0.25) is 0 Å². The first-order valence-electron chi connectivity index (χ1n) is 12.3. The van der Waals surface area contributed by atoms with Crippen molar-refractivity contribution in [3.8, 4) is 45.7 Å². The third-order valence-electron chi connectivity index (χ3n) is 6.05. The van der Waals surface area contributed by atoms with E-state index in [4.69, 9.17) is 15.7 Å². The predicted octanol–water partition coefficient (Wildman–Crippen LogP) is 4.66. The number of H-pyrrole nitrogens is 1. The maximum absolute atomic E-state index is 12.6. The number of halogens is 3. The first kappa shape index (κ1) is 26.6. The lowest BCUT2D eigenvalue weighted by Gasteiger charge is -2.15. The van der Waals surface area contributed by atoms with Crippen LogP contribution in [0.25, 0.3) is 56.8 Å². The van der Waals surface area contributed by atoms with E-state index in [1.54, 1.807) is 42.7 Å². The second-order valence-electron chi connectivity index (χ2n) is 8.85. The van der Waals surface area contributed by atoms with Crippen LogP contribution < -0.4 is 5.73 Å². The Morgan fingerprint density at radius 1 is 0.786 bits per heavy atom. The molecule has 0 saturated heterocycles. The van der Waals surface area contributed by atoms with Crippen LogP contribution in [0.5, 0.6) is 0 Å². The van der Waals surface area contributed by atoms with Gasteiger partial charge >= 0.3 is 12.1 Å². The summed E-state index contributed by atoms with van der Waals surface area (Å²) in [6, 6.07) is 20.6. The van der Waals surface area contributed by atoms with Crippen molar-refractivity contribution in [1.82, 2.24) is 40.1 Å². The lowest BCUT2D eigenvalue weighted by Crippen LogP contribution is -2.29. The zero-order valence-electron chi connectivity index (χ0n) is 21.3. The highest BCUT2D eigenvalue weighted by atomic mass is 19.4. The Kier molecular flexibility index (Phi) is 6.80.